The molecule has 0 unspecified atom stereocenters. The van der Waals surface area contributed by atoms with E-state index in [9.17, 15) is 18.0 Å². The third kappa shape index (κ3) is 4.77. The number of nitrogens with one attached hydrogen (secondary N) is 1. The van der Waals surface area contributed by atoms with E-state index in [1.165, 1.54) is 12.1 Å². The van der Waals surface area contributed by atoms with E-state index in [0.29, 0.717) is 12.2 Å². The average Bonchev–Trinajstić information content (AvgIpc) is 2.59. The molecular weight excluding hydrogens is 371 g/mol. The molecule has 0 radical (unpaired) electrons. The highest BCUT2D eigenvalue weighted by molar-refractivity contribution is 5.78. The van der Waals surface area contributed by atoms with E-state index >= 15 is 0 Å². The van der Waals surface area contributed by atoms with Gasteiger partial charge in [0.05, 0.1) is 11.6 Å². The Hall–Kier alpha value is -2.70. The van der Waals surface area contributed by atoms with Crippen LogP contribution in [0.15, 0.2) is 42.5 Å². The molecule has 2 aromatic rings. The van der Waals surface area contributed by atoms with Crippen molar-refractivity contribution >= 4 is 5.91 Å². The summed E-state index contributed by atoms with van der Waals surface area (Å²) in [5, 5.41) is 2.91. The number of carbonyl (C=O) groups excluding carboxylic acids is 1. The maximum absolute atomic E-state index is 12.8. The van der Waals surface area contributed by atoms with E-state index in [2.05, 4.69) is 5.32 Å². The molecule has 0 saturated heterocycles. The van der Waals surface area contributed by atoms with Crippen LogP contribution in [0.4, 0.5) is 13.2 Å². The minimum absolute atomic E-state index is 0.00599. The summed E-state index contributed by atoms with van der Waals surface area (Å²) in [5.74, 6) is 0.298. The van der Waals surface area contributed by atoms with Crippen molar-refractivity contribution in [3.05, 3.63) is 59.2 Å². The van der Waals surface area contributed by atoms with Gasteiger partial charge < -0.3 is 14.8 Å². The van der Waals surface area contributed by atoms with Gasteiger partial charge >= 0.3 is 6.18 Å². The number of halogens is 3. The summed E-state index contributed by atoms with van der Waals surface area (Å²) in [6, 6.07) is 9.98. The monoisotopic (exact) mass is 393 g/mol. The zero-order valence-corrected chi connectivity index (χ0v) is 15.9. The Morgan fingerprint density at radius 3 is 2.71 bits per heavy atom. The molecular formula is C21H22F3NO3. The van der Waals surface area contributed by atoms with Crippen molar-refractivity contribution in [1.29, 1.82) is 0 Å². The molecule has 0 bridgehead atoms. The van der Waals surface area contributed by atoms with Gasteiger partial charge in [-0.3, -0.25) is 4.79 Å². The highest BCUT2D eigenvalue weighted by atomic mass is 19.4. The smallest absolute Gasteiger partial charge is 0.416 e. The summed E-state index contributed by atoms with van der Waals surface area (Å²) in [6.45, 7) is 5.46. The second-order valence-corrected chi connectivity index (χ2v) is 7.54. The molecule has 1 heterocycles. The molecule has 0 saturated carbocycles. The van der Waals surface area contributed by atoms with E-state index in [0.717, 1.165) is 23.3 Å². The number of alkyl halides is 3. The Morgan fingerprint density at radius 2 is 2.00 bits per heavy atom. The van der Waals surface area contributed by atoms with Crippen LogP contribution in [-0.4, -0.2) is 18.1 Å². The number of ether oxygens (including phenoxy) is 2. The normalized spacial score (nSPS) is 18.0. The van der Waals surface area contributed by atoms with Gasteiger partial charge in [0.1, 0.15) is 17.1 Å². The van der Waals surface area contributed by atoms with Crippen LogP contribution < -0.4 is 14.8 Å². The number of rotatable bonds is 4. The van der Waals surface area contributed by atoms with Crippen LogP contribution in [0, 0.1) is 6.92 Å². The molecule has 1 aliphatic rings. The fourth-order valence-electron chi connectivity index (χ4n) is 3.25. The number of fused-ring (bicyclic) bond motifs is 1. The zero-order valence-electron chi connectivity index (χ0n) is 15.9. The molecule has 0 aromatic heterocycles. The van der Waals surface area contributed by atoms with Crippen molar-refractivity contribution in [2.45, 2.75) is 45.0 Å². The largest absolute Gasteiger partial charge is 0.487 e. The van der Waals surface area contributed by atoms with Crippen molar-refractivity contribution < 1.29 is 27.4 Å². The number of hydrogen-bond acceptors (Lipinski definition) is 3. The number of amides is 1. The van der Waals surface area contributed by atoms with Gasteiger partial charge in [0, 0.05) is 12.0 Å². The molecule has 28 heavy (non-hydrogen) atoms. The standard InChI is InChI=1S/C21H22F3NO3/c1-13-7-8-18-16(9-13)17(11-20(2,3)28-18)25-19(26)12-27-15-6-4-5-14(10-15)21(22,23)24/h4-10,17H,11-12H2,1-3H3,(H,25,26)/t17-/m0/s1. The summed E-state index contributed by atoms with van der Waals surface area (Å²) in [5.41, 5.74) is 0.650. The molecule has 1 amide bonds. The Kier molecular flexibility index (Phi) is 5.28. The summed E-state index contributed by atoms with van der Waals surface area (Å²) in [7, 11) is 0. The lowest BCUT2D eigenvalue weighted by Crippen LogP contribution is -2.42. The topological polar surface area (TPSA) is 47.6 Å². The molecule has 1 aliphatic heterocycles. The maximum Gasteiger partial charge on any atom is 0.416 e. The summed E-state index contributed by atoms with van der Waals surface area (Å²) >= 11 is 0. The first-order valence-electron chi connectivity index (χ1n) is 8.92. The molecule has 150 valence electrons. The molecule has 1 N–H and O–H groups in total. The SMILES string of the molecule is Cc1ccc2c(c1)[C@@H](NC(=O)COc1cccc(C(F)(F)F)c1)CC(C)(C)O2. The first-order chi connectivity index (χ1) is 13.0. The summed E-state index contributed by atoms with van der Waals surface area (Å²) in [4.78, 5) is 12.4. The minimum atomic E-state index is -4.46. The van der Waals surface area contributed by atoms with Crippen LogP contribution in [0.2, 0.25) is 0 Å². The van der Waals surface area contributed by atoms with Gasteiger partial charge in [-0.1, -0.05) is 23.8 Å². The molecule has 4 nitrogen and oxygen atoms in total. The van der Waals surface area contributed by atoms with Crippen molar-refractivity contribution in [2.75, 3.05) is 6.61 Å². The predicted octanol–water partition coefficient (Wildman–Crippen LogP) is 4.81. The lowest BCUT2D eigenvalue weighted by atomic mass is 9.89. The fraction of sp³-hybridized carbons (Fsp3) is 0.381. The second-order valence-electron chi connectivity index (χ2n) is 7.54. The maximum atomic E-state index is 12.8. The van der Waals surface area contributed by atoms with E-state index in [1.54, 1.807) is 0 Å². The number of benzene rings is 2. The molecule has 0 aliphatic carbocycles. The Bertz CT molecular complexity index is 877. The molecule has 1 atom stereocenters. The number of aryl methyl sites for hydroxylation is 1. The van der Waals surface area contributed by atoms with Gasteiger partial charge in [-0.15, -0.1) is 0 Å². The van der Waals surface area contributed by atoms with Gasteiger partial charge in [0.15, 0.2) is 6.61 Å². The predicted molar refractivity (Wildman–Crippen MR) is 98.3 cm³/mol. The van der Waals surface area contributed by atoms with Crippen LogP contribution in [-0.2, 0) is 11.0 Å². The van der Waals surface area contributed by atoms with Crippen LogP contribution in [0.1, 0.15) is 43.0 Å². The summed E-state index contributed by atoms with van der Waals surface area (Å²) in [6.07, 6.45) is -3.89. The molecule has 0 fully saturated rings. The van der Waals surface area contributed by atoms with Crippen LogP contribution in [0.5, 0.6) is 11.5 Å². The lowest BCUT2D eigenvalue weighted by Gasteiger charge is -2.38. The highest BCUT2D eigenvalue weighted by Crippen LogP contribution is 2.39. The van der Waals surface area contributed by atoms with Gasteiger partial charge in [0.25, 0.3) is 5.91 Å². The minimum Gasteiger partial charge on any atom is -0.487 e. The summed E-state index contributed by atoms with van der Waals surface area (Å²) < 4.78 is 49.6. The van der Waals surface area contributed by atoms with E-state index in [-0.39, 0.29) is 18.4 Å². The average molecular weight is 393 g/mol. The van der Waals surface area contributed by atoms with Crippen molar-refractivity contribution in [2.24, 2.45) is 0 Å². The first kappa shape index (κ1) is 20.0. The first-order valence-corrected chi connectivity index (χ1v) is 8.92. The zero-order chi connectivity index (χ0) is 20.5. The Labute approximate surface area is 161 Å². The Morgan fingerprint density at radius 1 is 1.25 bits per heavy atom. The van der Waals surface area contributed by atoms with Crippen molar-refractivity contribution in [3.63, 3.8) is 0 Å². The molecule has 3 rings (SSSR count). The lowest BCUT2D eigenvalue weighted by molar-refractivity contribution is -0.137. The van der Waals surface area contributed by atoms with E-state index in [1.807, 2.05) is 39.0 Å². The molecule has 7 heteroatoms. The number of hydrogen-bond donors (Lipinski definition) is 1. The van der Waals surface area contributed by atoms with E-state index in [4.69, 9.17) is 9.47 Å². The van der Waals surface area contributed by atoms with Gasteiger partial charge in [-0.05, 0) is 45.0 Å². The second kappa shape index (κ2) is 7.37. The van der Waals surface area contributed by atoms with Gasteiger partial charge in [-0.25, -0.2) is 0 Å². The van der Waals surface area contributed by atoms with Crippen molar-refractivity contribution in [1.82, 2.24) is 5.32 Å². The molecule has 0 spiro atoms. The third-order valence-electron chi connectivity index (χ3n) is 4.49. The third-order valence-corrected chi connectivity index (χ3v) is 4.49. The van der Waals surface area contributed by atoms with Crippen LogP contribution in [0.3, 0.4) is 0 Å². The number of carbonyl (C=O) groups is 1. The highest BCUT2D eigenvalue weighted by Gasteiger charge is 2.34. The fourth-order valence-corrected chi connectivity index (χ4v) is 3.25. The Balaban J connectivity index is 1.68. The quantitative estimate of drug-likeness (QED) is 0.811. The van der Waals surface area contributed by atoms with E-state index < -0.39 is 23.2 Å². The van der Waals surface area contributed by atoms with Gasteiger partial charge in [0.2, 0.25) is 0 Å². The van der Waals surface area contributed by atoms with Crippen molar-refractivity contribution in [3.8, 4) is 11.5 Å². The molecule has 2 aromatic carbocycles. The van der Waals surface area contributed by atoms with Crippen LogP contribution >= 0.6 is 0 Å². The van der Waals surface area contributed by atoms with Crippen LogP contribution in [0.25, 0.3) is 0 Å². The van der Waals surface area contributed by atoms with Gasteiger partial charge in [-0.2, -0.15) is 13.2 Å².